The van der Waals surface area contributed by atoms with E-state index < -0.39 is 6.61 Å². The number of amides is 1. The molecule has 1 saturated heterocycles. The van der Waals surface area contributed by atoms with Crippen molar-refractivity contribution in [2.45, 2.75) is 13.2 Å². The molecule has 1 aliphatic rings. The standard InChI is InChI=1S/C12H14F2N2O2/c13-12(14)18-10-3-1-8(2-4-10)5-16-11(17)9-6-15-7-9/h1-4,9,12,15H,5-7H2,(H,16,17). The lowest BCUT2D eigenvalue weighted by Gasteiger charge is -2.25. The molecule has 2 N–H and O–H groups in total. The molecule has 2 rings (SSSR count). The van der Waals surface area contributed by atoms with Gasteiger partial charge in [-0.1, -0.05) is 12.1 Å². The summed E-state index contributed by atoms with van der Waals surface area (Å²) in [5, 5.41) is 5.81. The van der Waals surface area contributed by atoms with E-state index in [4.69, 9.17) is 0 Å². The number of benzene rings is 1. The molecule has 1 amide bonds. The van der Waals surface area contributed by atoms with Gasteiger partial charge in [-0.25, -0.2) is 0 Å². The fourth-order valence-electron chi connectivity index (χ4n) is 1.60. The van der Waals surface area contributed by atoms with Crippen LogP contribution in [-0.4, -0.2) is 25.6 Å². The maximum Gasteiger partial charge on any atom is 0.387 e. The molecular weight excluding hydrogens is 242 g/mol. The fraction of sp³-hybridized carbons (Fsp3) is 0.417. The molecule has 18 heavy (non-hydrogen) atoms. The number of hydrogen-bond donors (Lipinski definition) is 2. The summed E-state index contributed by atoms with van der Waals surface area (Å²) < 4.78 is 28.1. The van der Waals surface area contributed by atoms with E-state index in [0.29, 0.717) is 19.6 Å². The highest BCUT2D eigenvalue weighted by Gasteiger charge is 2.24. The summed E-state index contributed by atoms with van der Waals surface area (Å²) >= 11 is 0. The predicted octanol–water partition coefficient (Wildman–Crippen LogP) is 1.12. The second-order valence-corrected chi connectivity index (χ2v) is 4.10. The lowest BCUT2D eigenvalue weighted by atomic mass is 10.0. The first-order valence-electron chi connectivity index (χ1n) is 5.67. The quantitative estimate of drug-likeness (QED) is 0.830. The third-order valence-electron chi connectivity index (χ3n) is 2.77. The van der Waals surface area contributed by atoms with Crippen molar-refractivity contribution in [2.75, 3.05) is 13.1 Å². The van der Waals surface area contributed by atoms with Crippen LogP contribution in [0, 0.1) is 5.92 Å². The molecule has 98 valence electrons. The van der Waals surface area contributed by atoms with Crippen molar-refractivity contribution in [3.63, 3.8) is 0 Å². The second-order valence-electron chi connectivity index (χ2n) is 4.10. The molecular formula is C12H14F2N2O2. The Balaban J connectivity index is 1.80. The molecule has 0 aliphatic carbocycles. The van der Waals surface area contributed by atoms with Crippen LogP contribution in [0.15, 0.2) is 24.3 Å². The van der Waals surface area contributed by atoms with Crippen LogP contribution in [0.4, 0.5) is 8.78 Å². The Labute approximate surface area is 103 Å². The first-order chi connectivity index (χ1) is 8.65. The summed E-state index contributed by atoms with van der Waals surface area (Å²) in [5.41, 5.74) is 0.845. The van der Waals surface area contributed by atoms with Gasteiger partial charge in [-0.2, -0.15) is 8.78 Å². The molecule has 0 saturated carbocycles. The van der Waals surface area contributed by atoms with Crippen LogP contribution in [0.25, 0.3) is 0 Å². The maximum absolute atomic E-state index is 11.9. The van der Waals surface area contributed by atoms with E-state index in [0.717, 1.165) is 5.56 Å². The van der Waals surface area contributed by atoms with Crippen molar-refractivity contribution in [3.8, 4) is 5.75 Å². The molecule has 1 aliphatic heterocycles. The van der Waals surface area contributed by atoms with Crippen molar-refractivity contribution in [1.29, 1.82) is 0 Å². The largest absolute Gasteiger partial charge is 0.435 e. The van der Waals surface area contributed by atoms with Gasteiger partial charge < -0.3 is 15.4 Å². The summed E-state index contributed by atoms with van der Waals surface area (Å²) in [5.74, 6) is 0.177. The van der Waals surface area contributed by atoms with E-state index in [2.05, 4.69) is 15.4 Å². The lowest BCUT2D eigenvalue weighted by molar-refractivity contribution is -0.126. The minimum absolute atomic E-state index is 0.0154. The van der Waals surface area contributed by atoms with Crippen LogP contribution in [0.2, 0.25) is 0 Å². The monoisotopic (exact) mass is 256 g/mol. The van der Waals surface area contributed by atoms with E-state index >= 15 is 0 Å². The minimum atomic E-state index is -2.82. The molecule has 0 aromatic heterocycles. The average molecular weight is 256 g/mol. The van der Waals surface area contributed by atoms with Crippen LogP contribution < -0.4 is 15.4 Å². The van der Waals surface area contributed by atoms with E-state index in [1.807, 2.05) is 0 Å². The summed E-state index contributed by atoms with van der Waals surface area (Å²) in [7, 11) is 0. The van der Waals surface area contributed by atoms with Crippen LogP contribution in [0.5, 0.6) is 5.75 Å². The maximum atomic E-state index is 11.9. The highest BCUT2D eigenvalue weighted by atomic mass is 19.3. The third kappa shape index (κ3) is 3.40. The number of carbonyl (C=O) groups is 1. The Kier molecular flexibility index (Phi) is 4.09. The normalized spacial score (nSPS) is 15.3. The Hall–Kier alpha value is -1.69. The number of rotatable bonds is 5. The molecule has 6 heteroatoms. The number of halogens is 2. The molecule has 0 atom stereocenters. The summed E-state index contributed by atoms with van der Waals surface area (Å²) in [6.07, 6.45) is 0. The summed E-state index contributed by atoms with van der Waals surface area (Å²) in [6, 6.07) is 6.21. The number of nitrogens with one attached hydrogen (secondary N) is 2. The zero-order chi connectivity index (χ0) is 13.0. The van der Waals surface area contributed by atoms with Gasteiger partial charge in [0.15, 0.2) is 0 Å². The second kappa shape index (κ2) is 5.77. The SMILES string of the molecule is O=C(NCc1ccc(OC(F)F)cc1)C1CNC1. The molecule has 1 aromatic carbocycles. The highest BCUT2D eigenvalue weighted by Crippen LogP contribution is 2.14. The van der Waals surface area contributed by atoms with Gasteiger partial charge in [0.2, 0.25) is 5.91 Å². The predicted molar refractivity (Wildman–Crippen MR) is 61.3 cm³/mol. The summed E-state index contributed by atoms with van der Waals surface area (Å²) in [4.78, 5) is 11.5. The fourth-order valence-corrected chi connectivity index (χ4v) is 1.60. The van der Waals surface area contributed by atoms with Crippen molar-refractivity contribution in [3.05, 3.63) is 29.8 Å². The first-order valence-corrected chi connectivity index (χ1v) is 5.67. The molecule has 0 radical (unpaired) electrons. The lowest BCUT2D eigenvalue weighted by Crippen LogP contribution is -2.50. The number of carbonyl (C=O) groups excluding carboxylic acids is 1. The molecule has 1 fully saturated rings. The van der Waals surface area contributed by atoms with E-state index in [-0.39, 0.29) is 17.6 Å². The topological polar surface area (TPSA) is 50.4 Å². The van der Waals surface area contributed by atoms with Gasteiger partial charge in [0.1, 0.15) is 5.75 Å². The van der Waals surface area contributed by atoms with Gasteiger partial charge in [-0.3, -0.25) is 4.79 Å². The summed E-state index contributed by atoms with van der Waals surface area (Å²) in [6.45, 7) is -0.994. The molecule has 0 unspecified atom stereocenters. The van der Waals surface area contributed by atoms with Gasteiger partial charge in [0.05, 0.1) is 5.92 Å². The van der Waals surface area contributed by atoms with Gasteiger partial charge in [0.25, 0.3) is 0 Å². The van der Waals surface area contributed by atoms with Gasteiger partial charge in [-0.15, -0.1) is 0 Å². The first kappa shape index (κ1) is 12.8. The molecule has 0 spiro atoms. The van der Waals surface area contributed by atoms with Crippen molar-refractivity contribution >= 4 is 5.91 Å². The number of ether oxygens (including phenoxy) is 1. The van der Waals surface area contributed by atoms with Crippen LogP contribution >= 0.6 is 0 Å². The van der Waals surface area contributed by atoms with E-state index in [9.17, 15) is 13.6 Å². The van der Waals surface area contributed by atoms with Gasteiger partial charge in [0, 0.05) is 19.6 Å². The van der Waals surface area contributed by atoms with Crippen LogP contribution in [-0.2, 0) is 11.3 Å². The minimum Gasteiger partial charge on any atom is -0.435 e. The van der Waals surface area contributed by atoms with Crippen molar-refractivity contribution in [1.82, 2.24) is 10.6 Å². The van der Waals surface area contributed by atoms with E-state index in [1.165, 1.54) is 12.1 Å². The van der Waals surface area contributed by atoms with Gasteiger partial charge >= 0.3 is 6.61 Å². The van der Waals surface area contributed by atoms with Crippen LogP contribution in [0.1, 0.15) is 5.56 Å². The van der Waals surface area contributed by atoms with Crippen LogP contribution in [0.3, 0.4) is 0 Å². The average Bonchev–Trinajstić information content (AvgIpc) is 2.25. The molecule has 1 aromatic rings. The van der Waals surface area contributed by atoms with E-state index in [1.54, 1.807) is 12.1 Å². The smallest absolute Gasteiger partial charge is 0.387 e. The molecule has 0 bridgehead atoms. The Morgan fingerprint density at radius 1 is 1.39 bits per heavy atom. The van der Waals surface area contributed by atoms with Crippen molar-refractivity contribution in [2.24, 2.45) is 5.92 Å². The van der Waals surface area contributed by atoms with Gasteiger partial charge in [-0.05, 0) is 17.7 Å². The number of hydrogen-bond acceptors (Lipinski definition) is 3. The highest BCUT2D eigenvalue weighted by molar-refractivity contribution is 5.79. The Morgan fingerprint density at radius 2 is 2.06 bits per heavy atom. The van der Waals surface area contributed by atoms with Crippen molar-refractivity contribution < 1.29 is 18.3 Å². The molecule has 1 heterocycles. The zero-order valence-corrected chi connectivity index (χ0v) is 9.66. The Morgan fingerprint density at radius 3 is 2.56 bits per heavy atom. The zero-order valence-electron chi connectivity index (χ0n) is 9.66. The third-order valence-corrected chi connectivity index (χ3v) is 2.77. The number of alkyl halides is 2. The molecule has 4 nitrogen and oxygen atoms in total. The Bertz CT molecular complexity index is 405.